The Morgan fingerprint density at radius 2 is 2.42 bits per heavy atom. The van der Waals surface area contributed by atoms with Crippen LogP contribution in [0.1, 0.15) is 25.5 Å². The van der Waals surface area contributed by atoms with Gasteiger partial charge in [-0.2, -0.15) is 5.10 Å². The molecule has 1 atom stereocenters. The van der Waals surface area contributed by atoms with Crippen LogP contribution in [-0.2, 0) is 11.9 Å². The first-order chi connectivity index (χ1) is 9.10. The molecule has 19 heavy (non-hydrogen) atoms. The van der Waals surface area contributed by atoms with E-state index in [1.54, 1.807) is 10.9 Å². The summed E-state index contributed by atoms with van der Waals surface area (Å²) in [5.74, 6) is 0. The summed E-state index contributed by atoms with van der Waals surface area (Å²) >= 11 is 0. The van der Waals surface area contributed by atoms with E-state index in [0.29, 0.717) is 12.2 Å². The first kappa shape index (κ1) is 13.4. The minimum absolute atomic E-state index is 0.0595. The summed E-state index contributed by atoms with van der Waals surface area (Å²) in [6.45, 7) is 4.37. The zero-order valence-corrected chi connectivity index (χ0v) is 11.4. The van der Waals surface area contributed by atoms with Crippen LogP contribution < -0.4 is 10.6 Å². The molecule has 2 rings (SSSR count). The average molecular weight is 265 g/mol. The molecule has 1 aliphatic rings. The van der Waals surface area contributed by atoms with E-state index in [2.05, 4.69) is 20.9 Å². The first-order valence-corrected chi connectivity index (χ1v) is 6.35. The molecule has 0 aromatic carbocycles. The molecule has 0 spiro atoms. The van der Waals surface area contributed by atoms with E-state index in [9.17, 15) is 4.79 Å². The molecule has 2 amide bonds. The van der Waals surface area contributed by atoms with Gasteiger partial charge in [-0.3, -0.25) is 4.68 Å². The highest BCUT2D eigenvalue weighted by molar-refractivity contribution is 5.90. The maximum absolute atomic E-state index is 11.7. The molecule has 0 bridgehead atoms. The Morgan fingerprint density at radius 3 is 3.00 bits per heavy atom. The molecule has 2 N–H and O–H groups in total. The maximum atomic E-state index is 11.7. The third kappa shape index (κ3) is 3.24. The zero-order valence-electron chi connectivity index (χ0n) is 11.4. The van der Waals surface area contributed by atoms with E-state index < -0.39 is 0 Å². The van der Waals surface area contributed by atoms with Gasteiger partial charge in [-0.25, -0.2) is 4.79 Å². The molecule has 0 fully saturated rings. The third-order valence-electron chi connectivity index (χ3n) is 3.18. The van der Waals surface area contributed by atoms with E-state index in [0.717, 1.165) is 24.2 Å². The number of amides is 2. The minimum atomic E-state index is -0.260. The molecule has 1 aromatic heterocycles. The summed E-state index contributed by atoms with van der Waals surface area (Å²) < 4.78 is 1.71. The zero-order chi connectivity index (χ0) is 13.8. The summed E-state index contributed by atoms with van der Waals surface area (Å²) in [6.07, 6.45) is 3.23. The van der Waals surface area contributed by atoms with Crippen molar-refractivity contribution in [2.24, 2.45) is 12.2 Å². The van der Waals surface area contributed by atoms with Gasteiger partial charge in [0.25, 0.3) is 0 Å². The van der Waals surface area contributed by atoms with Gasteiger partial charge < -0.3 is 15.5 Å². The molecule has 0 aliphatic carbocycles. The number of aromatic nitrogens is 2. The van der Waals surface area contributed by atoms with Crippen LogP contribution in [0.25, 0.3) is 0 Å². The molecule has 104 valence electrons. The lowest BCUT2D eigenvalue weighted by atomic mass is 10.1. The standard InChI is InChI=1S/C12H19N5O2/c1-4-9-5-10(19-16-9)6-13-12(18)15-11-7-14-17(3)8(11)2/h7,10H,4-6H2,1-3H3,(H2,13,15,18)/t10-/m0/s1. The van der Waals surface area contributed by atoms with Gasteiger partial charge in [0.05, 0.1) is 29.8 Å². The van der Waals surface area contributed by atoms with Crippen LogP contribution in [0.2, 0.25) is 0 Å². The van der Waals surface area contributed by atoms with E-state index >= 15 is 0 Å². The van der Waals surface area contributed by atoms with Crippen LogP contribution >= 0.6 is 0 Å². The van der Waals surface area contributed by atoms with Crippen molar-refractivity contribution in [3.63, 3.8) is 0 Å². The summed E-state index contributed by atoms with van der Waals surface area (Å²) in [6, 6.07) is -0.260. The molecule has 1 aromatic rings. The normalized spacial score (nSPS) is 17.8. The van der Waals surface area contributed by atoms with Gasteiger partial charge in [0.2, 0.25) is 0 Å². The van der Waals surface area contributed by atoms with Crippen LogP contribution in [0.4, 0.5) is 10.5 Å². The molecular weight excluding hydrogens is 246 g/mol. The Kier molecular flexibility index (Phi) is 4.03. The quantitative estimate of drug-likeness (QED) is 0.863. The monoisotopic (exact) mass is 265 g/mol. The predicted octanol–water partition coefficient (Wildman–Crippen LogP) is 1.40. The largest absolute Gasteiger partial charge is 0.390 e. The second-order valence-electron chi connectivity index (χ2n) is 4.54. The number of carbonyl (C=O) groups excluding carboxylic acids is 1. The Bertz CT molecular complexity index is 494. The number of rotatable bonds is 4. The molecule has 1 aliphatic heterocycles. The van der Waals surface area contributed by atoms with Crippen LogP contribution in [0.5, 0.6) is 0 Å². The van der Waals surface area contributed by atoms with Crippen LogP contribution in [0.15, 0.2) is 11.4 Å². The van der Waals surface area contributed by atoms with Gasteiger partial charge in [0.1, 0.15) is 6.10 Å². The van der Waals surface area contributed by atoms with E-state index in [-0.39, 0.29) is 12.1 Å². The predicted molar refractivity (Wildman–Crippen MR) is 72.2 cm³/mol. The van der Waals surface area contributed by atoms with Gasteiger partial charge in [0, 0.05) is 13.5 Å². The fraction of sp³-hybridized carbons (Fsp3) is 0.583. The molecule has 2 heterocycles. The topological polar surface area (TPSA) is 80.5 Å². The molecule has 0 saturated carbocycles. The lowest BCUT2D eigenvalue weighted by Crippen LogP contribution is -2.35. The van der Waals surface area contributed by atoms with Gasteiger partial charge in [0.15, 0.2) is 0 Å². The second-order valence-corrected chi connectivity index (χ2v) is 4.54. The number of carbonyl (C=O) groups is 1. The van der Waals surface area contributed by atoms with Crippen molar-refractivity contribution in [1.82, 2.24) is 15.1 Å². The summed E-state index contributed by atoms with van der Waals surface area (Å²) in [5.41, 5.74) is 2.65. The molecule has 7 nitrogen and oxygen atoms in total. The van der Waals surface area contributed by atoms with Crippen molar-refractivity contribution in [1.29, 1.82) is 0 Å². The Labute approximate surface area is 112 Å². The number of hydrogen-bond donors (Lipinski definition) is 2. The highest BCUT2D eigenvalue weighted by Crippen LogP contribution is 2.13. The summed E-state index contributed by atoms with van der Waals surface area (Å²) in [4.78, 5) is 16.9. The Hall–Kier alpha value is -2.05. The van der Waals surface area contributed by atoms with E-state index in [4.69, 9.17) is 4.84 Å². The number of nitrogens with zero attached hydrogens (tertiary/aromatic N) is 3. The van der Waals surface area contributed by atoms with Crippen LogP contribution in [0.3, 0.4) is 0 Å². The molecule has 0 saturated heterocycles. The van der Waals surface area contributed by atoms with Crippen molar-refractivity contribution >= 4 is 17.4 Å². The van der Waals surface area contributed by atoms with E-state index in [1.807, 2.05) is 20.9 Å². The van der Waals surface area contributed by atoms with Gasteiger partial charge >= 0.3 is 6.03 Å². The molecule has 7 heteroatoms. The number of nitrogens with one attached hydrogen (secondary N) is 2. The highest BCUT2D eigenvalue weighted by Gasteiger charge is 2.20. The highest BCUT2D eigenvalue weighted by atomic mass is 16.6. The SMILES string of the molecule is CCC1=NO[C@H](CNC(=O)Nc2cnn(C)c2C)C1. The third-order valence-corrected chi connectivity index (χ3v) is 3.18. The van der Waals surface area contributed by atoms with Crippen LogP contribution in [0, 0.1) is 6.92 Å². The lowest BCUT2D eigenvalue weighted by Gasteiger charge is -2.10. The molecule has 0 unspecified atom stereocenters. The Balaban J connectivity index is 1.75. The second kappa shape index (κ2) is 5.73. The van der Waals surface area contributed by atoms with Gasteiger partial charge in [-0.1, -0.05) is 12.1 Å². The maximum Gasteiger partial charge on any atom is 0.319 e. The first-order valence-electron chi connectivity index (χ1n) is 6.35. The summed E-state index contributed by atoms with van der Waals surface area (Å²) in [5, 5.41) is 13.5. The number of hydrogen-bond acceptors (Lipinski definition) is 4. The lowest BCUT2D eigenvalue weighted by molar-refractivity contribution is 0.0870. The van der Waals surface area contributed by atoms with Gasteiger partial charge in [-0.15, -0.1) is 0 Å². The molecular formula is C12H19N5O2. The average Bonchev–Trinajstić information content (AvgIpc) is 2.98. The van der Waals surface area contributed by atoms with Crippen molar-refractivity contribution in [2.45, 2.75) is 32.8 Å². The minimum Gasteiger partial charge on any atom is -0.390 e. The number of oxime groups is 1. The van der Waals surface area contributed by atoms with Crippen molar-refractivity contribution < 1.29 is 9.63 Å². The van der Waals surface area contributed by atoms with E-state index in [1.165, 1.54) is 0 Å². The molecule has 0 radical (unpaired) electrons. The smallest absolute Gasteiger partial charge is 0.319 e. The number of urea groups is 1. The summed E-state index contributed by atoms with van der Waals surface area (Å²) in [7, 11) is 1.83. The van der Waals surface area contributed by atoms with Crippen LogP contribution in [-0.4, -0.2) is 34.2 Å². The Morgan fingerprint density at radius 1 is 1.63 bits per heavy atom. The van der Waals surface area contributed by atoms with Crippen molar-refractivity contribution in [3.05, 3.63) is 11.9 Å². The van der Waals surface area contributed by atoms with Crippen molar-refractivity contribution in [2.75, 3.05) is 11.9 Å². The van der Waals surface area contributed by atoms with Crippen molar-refractivity contribution in [3.8, 4) is 0 Å². The number of anilines is 1. The fourth-order valence-electron chi connectivity index (χ4n) is 1.80. The van der Waals surface area contributed by atoms with Gasteiger partial charge in [-0.05, 0) is 13.3 Å². The number of aryl methyl sites for hydroxylation is 1. The fourth-order valence-corrected chi connectivity index (χ4v) is 1.80.